The molecule has 2 aliphatic rings. The van der Waals surface area contributed by atoms with E-state index in [1.807, 2.05) is 13.8 Å². The number of aliphatic imine (C=N–C) groups is 1. The number of hydrazone groups is 1. The number of nitro groups is 1. The van der Waals surface area contributed by atoms with Crippen LogP contribution in [0.1, 0.15) is 54.4 Å². The number of nitrogens with zero attached hydrogens (tertiary/aromatic N) is 4. The van der Waals surface area contributed by atoms with Crippen molar-refractivity contribution in [2.75, 3.05) is 5.01 Å². The largest absolute Gasteiger partial charge is 0.337 e. The summed E-state index contributed by atoms with van der Waals surface area (Å²) in [7, 11) is 0. The van der Waals surface area contributed by atoms with Crippen LogP contribution in [0.2, 0.25) is 0 Å². The molecule has 0 aromatic heterocycles. The summed E-state index contributed by atoms with van der Waals surface area (Å²) in [6.07, 6.45) is 1.91. The molecule has 8 nitrogen and oxygen atoms in total. The van der Waals surface area contributed by atoms with Gasteiger partial charge in [0.25, 0.3) is 11.6 Å². The standard InChI is InChI=1S/C21H29N5O3/c1-13(22-15-11-20(3,4)24-21(5,6)12-15)18-14(2)23-25(19(18)27)16-7-9-17(10-8-16)26(28)29/h7-10,15,18,24H,11-12H2,1-6H3/p+1/t18-/m0/s1. The van der Waals surface area contributed by atoms with Gasteiger partial charge in [0.2, 0.25) is 0 Å². The third-order valence-corrected chi connectivity index (χ3v) is 5.55. The summed E-state index contributed by atoms with van der Waals surface area (Å²) in [5.41, 5.74) is 2.17. The van der Waals surface area contributed by atoms with Crippen molar-refractivity contribution in [1.82, 2.24) is 0 Å². The Morgan fingerprint density at radius 1 is 1.21 bits per heavy atom. The van der Waals surface area contributed by atoms with Gasteiger partial charge < -0.3 is 5.32 Å². The molecule has 2 heterocycles. The van der Waals surface area contributed by atoms with Crippen molar-refractivity contribution in [2.45, 2.75) is 71.5 Å². The van der Waals surface area contributed by atoms with Crippen molar-refractivity contribution in [3.63, 3.8) is 0 Å². The molecule has 156 valence electrons. The fraction of sp³-hybridized carbons (Fsp3) is 0.571. The summed E-state index contributed by atoms with van der Waals surface area (Å²) in [6, 6.07) is 6.02. The van der Waals surface area contributed by atoms with Crippen LogP contribution < -0.4 is 10.3 Å². The summed E-state index contributed by atoms with van der Waals surface area (Å²) in [6.45, 7) is 12.7. The molecule has 0 unspecified atom stereocenters. The lowest BCUT2D eigenvalue weighted by molar-refractivity contribution is -0.787. The first-order valence-electron chi connectivity index (χ1n) is 9.93. The van der Waals surface area contributed by atoms with Crippen molar-refractivity contribution < 1.29 is 15.0 Å². The van der Waals surface area contributed by atoms with Gasteiger partial charge in [0.15, 0.2) is 0 Å². The topological polar surface area (TPSA) is 105 Å². The van der Waals surface area contributed by atoms with E-state index in [1.54, 1.807) is 12.1 Å². The molecule has 0 radical (unpaired) electrons. The number of non-ortho nitro benzene ring substituents is 1. The molecule has 2 N–H and O–H groups in total. The zero-order valence-electron chi connectivity index (χ0n) is 18.0. The van der Waals surface area contributed by atoms with Crippen LogP contribution in [0, 0.1) is 16.0 Å². The van der Waals surface area contributed by atoms with E-state index in [2.05, 4.69) is 38.1 Å². The molecule has 1 saturated heterocycles. The van der Waals surface area contributed by atoms with E-state index in [4.69, 9.17) is 4.99 Å². The first-order chi connectivity index (χ1) is 13.4. The molecule has 0 aliphatic carbocycles. The zero-order valence-corrected chi connectivity index (χ0v) is 18.0. The van der Waals surface area contributed by atoms with Crippen LogP contribution >= 0.6 is 0 Å². The number of piperidine rings is 1. The highest BCUT2D eigenvalue weighted by molar-refractivity contribution is 6.27. The lowest BCUT2D eigenvalue weighted by atomic mass is 9.79. The fourth-order valence-corrected chi connectivity index (χ4v) is 4.86. The second kappa shape index (κ2) is 7.33. The summed E-state index contributed by atoms with van der Waals surface area (Å²) in [4.78, 5) is 28.4. The monoisotopic (exact) mass is 400 g/mol. The Kier molecular flexibility index (Phi) is 5.34. The molecule has 1 atom stereocenters. The second-order valence-corrected chi connectivity index (χ2v) is 9.55. The Balaban J connectivity index is 1.81. The molecule has 1 aromatic rings. The zero-order chi connectivity index (χ0) is 21.6. The quantitative estimate of drug-likeness (QED) is 0.477. The number of benzene rings is 1. The highest BCUT2D eigenvalue weighted by Gasteiger charge is 2.43. The van der Waals surface area contributed by atoms with Gasteiger partial charge in [-0.25, -0.2) is 0 Å². The van der Waals surface area contributed by atoms with E-state index in [0.717, 1.165) is 18.6 Å². The Labute approximate surface area is 171 Å². The van der Waals surface area contributed by atoms with Crippen LogP contribution in [0.15, 0.2) is 34.4 Å². The summed E-state index contributed by atoms with van der Waals surface area (Å²) in [5.74, 6) is -0.652. The van der Waals surface area contributed by atoms with Crippen LogP contribution in [0.25, 0.3) is 0 Å². The number of carbonyl (C=O) groups excluding carboxylic acids is 1. The molecular weight excluding hydrogens is 370 g/mol. The smallest absolute Gasteiger partial charge is 0.269 e. The highest BCUT2D eigenvalue weighted by atomic mass is 16.6. The Bertz CT molecular complexity index is 870. The predicted octanol–water partition coefficient (Wildman–Crippen LogP) is 2.68. The first-order valence-corrected chi connectivity index (χ1v) is 9.93. The molecule has 29 heavy (non-hydrogen) atoms. The molecule has 1 amide bonds. The first kappa shape index (κ1) is 21.1. The van der Waals surface area contributed by atoms with Gasteiger partial charge in [0.1, 0.15) is 5.92 Å². The number of rotatable bonds is 4. The van der Waals surface area contributed by atoms with Crippen LogP contribution in [0.5, 0.6) is 0 Å². The number of carbonyl (C=O) groups is 1. The number of hydrogen-bond acceptors (Lipinski definition) is 5. The van der Waals surface area contributed by atoms with Crippen molar-refractivity contribution >= 4 is 28.7 Å². The number of anilines is 1. The number of hydrogen-bond donors (Lipinski definition) is 1. The van der Waals surface area contributed by atoms with E-state index in [-0.39, 0.29) is 28.7 Å². The van der Waals surface area contributed by atoms with Gasteiger partial charge in [-0.3, -0.25) is 19.9 Å². The Morgan fingerprint density at radius 2 is 1.76 bits per heavy atom. The SMILES string of the molecule is CC(=NC1CC(C)(C)[NH2+]C(C)(C)C1)[C@@H]1C(=O)N(c2ccc([N+](=O)[O-])cc2)N=C1C. The van der Waals surface area contributed by atoms with Crippen molar-refractivity contribution in [3.8, 4) is 0 Å². The molecule has 3 rings (SSSR count). The van der Waals surface area contributed by atoms with E-state index in [9.17, 15) is 14.9 Å². The predicted molar refractivity (Wildman–Crippen MR) is 113 cm³/mol. The number of amides is 1. The third-order valence-electron chi connectivity index (χ3n) is 5.55. The van der Waals surface area contributed by atoms with Gasteiger partial charge in [-0.15, -0.1) is 0 Å². The van der Waals surface area contributed by atoms with E-state index >= 15 is 0 Å². The van der Waals surface area contributed by atoms with Gasteiger partial charge in [0, 0.05) is 30.7 Å². The van der Waals surface area contributed by atoms with Gasteiger partial charge in [-0.05, 0) is 53.7 Å². The van der Waals surface area contributed by atoms with Crippen molar-refractivity contribution in [2.24, 2.45) is 16.0 Å². The second-order valence-electron chi connectivity index (χ2n) is 9.55. The maximum absolute atomic E-state index is 13.1. The molecule has 8 heteroatoms. The molecule has 0 bridgehead atoms. The Hall–Kier alpha value is -2.61. The number of nitrogens with two attached hydrogens (primary N) is 1. The van der Waals surface area contributed by atoms with Crippen molar-refractivity contribution in [1.29, 1.82) is 0 Å². The highest BCUT2D eigenvalue weighted by Crippen LogP contribution is 2.29. The molecule has 1 fully saturated rings. The average Bonchev–Trinajstić information content (AvgIpc) is 2.86. The minimum absolute atomic E-state index is 0.0188. The molecule has 1 aromatic carbocycles. The summed E-state index contributed by atoms with van der Waals surface area (Å²) in [5, 5.41) is 19.0. The lowest BCUT2D eigenvalue weighted by Gasteiger charge is -2.41. The van der Waals surface area contributed by atoms with Crippen LogP contribution in [0.4, 0.5) is 11.4 Å². The molecular formula is C21H30N5O3+. The fourth-order valence-electron chi connectivity index (χ4n) is 4.86. The minimum atomic E-state index is -0.484. The van der Waals surface area contributed by atoms with E-state index in [0.29, 0.717) is 11.4 Å². The van der Waals surface area contributed by atoms with E-state index < -0.39 is 10.8 Å². The third kappa shape index (κ3) is 4.53. The van der Waals surface area contributed by atoms with Crippen LogP contribution in [-0.4, -0.2) is 39.4 Å². The molecule has 0 saturated carbocycles. The van der Waals surface area contributed by atoms with Gasteiger partial charge in [0.05, 0.1) is 33.4 Å². The number of quaternary nitrogens is 1. The lowest BCUT2D eigenvalue weighted by Crippen LogP contribution is -3.05. The Morgan fingerprint density at radius 3 is 2.28 bits per heavy atom. The van der Waals surface area contributed by atoms with E-state index in [1.165, 1.54) is 17.1 Å². The number of nitro benzene ring substituents is 1. The maximum atomic E-state index is 13.1. The van der Waals surface area contributed by atoms with Crippen LogP contribution in [-0.2, 0) is 4.79 Å². The van der Waals surface area contributed by atoms with Gasteiger partial charge in [-0.2, -0.15) is 10.1 Å². The molecule has 2 aliphatic heterocycles. The van der Waals surface area contributed by atoms with Gasteiger partial charge in [-0.1, -0.05) is 0 Å². The van der Waals surface area contributed by atoms with Crippen molar-refractivity contribution in [3.05, 3.63) is 34.4 Å². The molecule has 0 spiro atoms. The summed E-state index contributed by atoms with van der Waals surface area (Å²) < 4.78 is 0. The summed E-state index contributed by atoms with van der Waals surface area (Å²) >= 11 is 0. The maximum Gasteiger partial charge on any atom is 0.269 e. The van der Waals surface area contributed by atoms with Crippen LogP contribution in [0.3, 0.4) is 0 Å². The average molecular weight is 401 g/mol. The van der Waals surface area contributed by atoms with Gasteiger partial charge >= 0.3 is 0 Å². The normalized spacial score (nSPS) is 24.6. The minimum Gasteiger partial charge on any atom is -0.337 e.